The zero-order valence-corrected chi connectivity index (χ0v) is 14.4. The molecule has 3 rings (SSSR count). The second-order valence-electron chi connectivity index (χ2n) is 5.22. The van der Waals surface area contributed by atoms with E-state index in [0.717, 1.165) is 0 Å². The molecule has 2 N–H and O–H groups in total. The lowest BCUT2D eigenvalue weighted by molar-refractivity contribution is 0.102. The number of carbonyl (C=O) groups is 1. The van der Waals surface area contributed by atoms with Crippen molar-refractivity contribution in [1.29, 1.82) is 0 Å². The molecule has 1 heterocycles. The summed E-state index contributed by atoms with van der Waals surface area (Å²) >= 11 is 5.94. The third kappa shape index (κ3) is 4.25. The van der Waals surface area contributed by atoms with Gasteiger partial charge in [-0.05, 0) is 42.5 Å². The molecule has 0 aliphatic rings. The molecule has 0 aliphatic carbocycles. The van der Waals surface area contributed by atoms with Gasteiger partial charge in [0.15, 0.2) is 0 Å². The van der Waals surface area contributed by atoms with Gasteiger partial charge >= 0.3 is 0 Å². The van der Waals surface area contributed by atoms with Crippen LogP contribution in [0.2, 0.25) is 5.02 Å². The summed E-state index contributed by atoms with van der Waals surface area (Å²) in [6.45, 7) is 0. The van der Waals surface area contributed by atoms with Gasteiger partial charge in [0, 0.05) is 10.7 Å². The molecule has 0 unspecified atom stereocenters. The smallest absolute Gasteiger partial charge is 0.275 e. The van der Waals surface area contributed by atoms with E-state index in [9.17, 15) is 9.18 Å². The van der Waals surface area contributed by atoms with Crippen LogP contribution < -0.4 is 15.4 Å². The van der Waals surface area contributed by atoms with E-state index in [1.54, 1.807) is 30.3 Å². The molecule has 0 spiro atoms. The molecule has 26 heavy (non-hydrogen) atoms. The van der Waals surface area contributed by atoms with Gasteiger partial charge in [0.25, 0.3) is 5.91 Å². The first-order valence-corrected chi connectivity index (χ1v) is 7.92. The number of ether oxygens (including phenoxy) is 1. The Kier molecular flexibility index (Phi) is 5.28. The maximum atomic E-state index is 12.9. The molecule has 0 saturated heterocycles. The summed E-state index contributed by atoms with van der Waals surface area (Å²) in [5.41, 5.74) is 1.21. The number of rotatable bonds is 5. The SMILES string of the molecule is COc1ccc(Cl)cc1NC(=O)c1cnc(Nc2ccc(F)cc2)cn1. The third-order valence-electron chi connectivity index (χ3n) is 3.41. The summed E-state index contributed by atoms with van der Waals surface area (Å²) in [7, 11) is 1.49. The van der Waals surface area contributed by atoms with Gasteiger partial charge in [0.2, 0.25) is 0 Å². The zero-order chi connectivity index (χ0) is 18.5. The van der Waals surface area contributed by atoms with E-state index < -0.39 is 5.91 Å². The van der Waals surface area contributed by atoms with Crippen molar-refractivity contribution in [2.45, 2.75) is 0 Å². The lowest BCUT2D eigenvalue weighted by Crippen LogP contribution is -2.15. The van der Waals surface area contributed by atoms with Crippen LogP contribution in [0.15, 0.2) is 54.9 Å². The van der Waals surface area contributed by atoms with Crippen LogP contribution in [0.4, 0.5) is 21.6 Å². The number of aromatic nitrogens is 2. The number of amides is 1. The molecular weight excluding hydrogens is 359 g/mol. The molecule has 0 fully saturated rings. The molecule has 0 bridgehead atoms. The van der Waals surface area contributed by atoms with Crippen LogP contribution in [-0.4, -0.2) is 23.0 Å². The number of hydrogen-bond acceptors (Lipinski definition) is 5. The Balaban J connectivity index is 1.71. The average Bonchev–Trinajstić information content (AvgIpc) is 2.64. The second kappa shape index (κ2) is 7.79. The Morgan fingerprint density at radius 2 is 1.88 bits per heavy atom. The number of halogens is 2. The highest BCUT2D eigenvalue weighted by Gasteiger charge is 2.12. The van der Waals surface area contributed by atoms with E-state index in [-0.39, 0.29) is 11.5 Å². The molecule has 0 radical (unpaired) electrons. The van der Waals surface area contributed by atoms with Crippen molar-refractivity contribution < 1.29 is 13.9 Å². The first-order valence-electron chi connectivity index (χ1n) is 7.54. The van der Waals surface area contributed by atoms with Crippen LogP contribution in [0.1, 0.15) is 10.5 Å². The summed E-state index contributed by atoms with van der Waals surface area (Å²) in [5.74, 6) is 0.121. The molecule has 132 valence electrons. The first-order chi connectivity index (χ1) is 12.5. The lowest BCUT2D eigenvalue weighted by Gasteiger charge is -2.10. The molecule has 0 aliphatic heterocycles. The van der Waals surface area contributed by atoms with E-state index in [2.05, 4.69) is 20.6 Å². The number of methoxy groups -OCH3 is 1. The van der Waals surface area contributed by atoms with Crippen molar-refractivity contribution in [3.8, 4) is 5.75 Å². The number of hydrogen-bond donors (Lipinski definition) is 2. The molecule has 8 heteroatoms. The van der Waals surface area contributed by atoms with Gasteiger partial charge in [-0.2, -0.15) is 0 Å². The Hall–Kier alpha value is -3.19. The number of anilines is 3. The van der Waals surface area contributed by atoms with Crippen molar-refractivity contribution >= 4 is 34.7 Å². The number of nitrogens with zero attached hydrogens (tertiary/aromatic N) is 2. The van der Waals surface area contributed by atoms with Crippen LogP contribution in [0.3, 0.4) is 0 Å². The van der Waals surface area contributed by atoms with Gasteiger partial charge in [-0.15, -0.1) is 0 Å². The van der Waals surface area contributed by atoms with Crippen molar-refractivity contribution in [2.75, 3.05) is 17.7 Å². The molecule has 0 atom stereocenters. The number of nitrogens with one attached hydrogen (secondary N) is 2. The summed E-state index contributed by atoms with van der Waals surface area (Å²) in [6, 6.07) is 10.7. The summed E-state index contributed by atoms with van der Waals surface area (Å²) < 4.78 is 18.1. The minimum atomic E-state index is -0.452. The average molecular weight is 373 g/mol. The quantitative estimate of drug-likeness (QED) is 0.699. The molecule has 1 amide bonds. The van der Waals surface area contributed by atoms with Gasteiger partial charge in [-0.1, -0.05) is 11.6 Å². The molecule has 6 nitrogen and oxygen atoms in total. The van der Waals surface area contributed by atoms with Crippen LogP contribution >= 0.6 is 11.6 Å². The highest BCUT2D eigenvalue weighted by Crippen LogP contribution is 2.28. The van der Waals surface area contributed by atoms with Gasteiger partial charge < -0.3 is 15.4 Å². The Labute approximate surface area is 154 Å². The summed E-state index contributed by atoms with van der Waals surface area (Å²) in [6.07, 6.45) is 2.74. The van der Waals surface area contributed by atoms with E-state index >= 15 is 0 Å². The monoisotopic (exact) mass is 372 g/mol. The van der Waals surface area contributed by atoms with Gasteiger partial charge in [0.05, 0.1) is 25.2 Å². The normalized spacial score (nSPS) is 10.3. The molecule has 1 aromatic heterocycles. The first kappa shape index (κ1) is 17.6. The van der Waals surface area contributed by atoms with Crippen molar-refractivity contribution in [3.05, 3.63) is 71.4 Å². The van der Waals surface area contributed by atoms with E-state index in [1.807, 2.05) is 0 Å². The lowest BCUT2D eigenvalue weighted by atomic mass is 10.2. The fourth-order valence-electron chi connectivity index (χ4n) is 2.16. The van der Waals surface area contributed by atoms with E-state index in [1.165, 1.54) is 31.6 Å². The second-order valence-corrected chi connectivity index (χ2v) is 5.65. The molecule has 3 aromatic rings. The fourth-order valence-corrected chi connectivity index (χ4v) is 2.33. The van der Waals surface area contributed by atoms with E-state index in [4.69, 9.17) is 16.3 Å². The Morgan fingerprint density at radius 3 is 2.54 bits per heavy atom. The Morgan fingerprint density at radius 1 is 1.12 bits per heavy atom. The topological polar surface area (TPSA) is 76.1 Å². The van der Waals surface area contributed by atoms with Crippen LogP contribution in [0.25, 0.3) is 0 Å². The maximum absolute atomic E-state index is 12.9. The highest BCUT2D eigenvalue weighted by molar-refractivity contribution is 6.31. The van der Waals surface area contributed by atoms with Gasteiger partial charge in [-0.25, -0.2) is 14.4 Å². The highest BCUT2D eigenvalue weighted by atomic mass is 35.5. The number of carbonyl (C=O) groups excluding carboxylic acids is 1. The van der Waals surface area contributed by atoms with E-state index in [0.29, 0.717) is 28.0 Å². The van der Waals surface area contributed by atoms with Gasteiger partial charge in [0.1, 0.15) is 23.1 Å². The van der Waals surface area contributed by atoms with Crippen LogP contribution in [0.5, 0.6) is 5.75 Å². The molecular formula is C18H14ClFN4O2. The van der Waals surface area contributed by atoms with Gasteiger partial charge in [-0.3, -0.25) is 4.79 Å². The molecule has 0 saturated carbocycles. The zero-order valence-electron chi connectivity index (χ0n) is 13.7. The summed E-state index contributed by atoms with van der Waals surface area (Å²) in [4.78, 5) is 20.5. The minimum Gasteiger partial charge on any atom is -0.495 e. The van der Waals surface area contributed by atoms with Crippen molar-refractivity contribution in [3.63, 3.8) is 0 Å². The predicted molar refractivity (Wildman–Crippen MR) is 97.7 cm³/mol. The Bertz CT molecular complexity index is 917. The standard InChI is InChI=1S/C18H14ClFN4O2/c1-26-16-7-2-11(19)8-14(16)24-18(25)15-9-22-17(10-21-15)23-13-5-3-12(20)4-6-13/h2-10H,1H3,(H,22,23)(H,24,25). The predicted octanol–water partition coefficient (Wildman–Crippen LogP) is 4.27. The number of benzene rings is 2. The third-order valence-corrected chi connectivity index (χ3v) is 3.65. The van der Waals surface area contributed by atoms with Crippen molar-refractivity contribution in [1.82, 2.24) is 9.97 Å². The largest absolute Gasteiger partial charge is 0.495 e. The molecule has 2 aromatic carbocycles. The maximum Gasteiger partial charge on any atom is 0.275 e. The minimum absolute atomic E-state index is 0.122. The van der Waals surface area contributed by atoms with Crippen LogP contribution in [0, 0.1) is 5.82 Å². The van der Waals surface area contributed by atoms with Crippen LogP contribution in [-0.2, 0) is 0 Å². The van der Waals surface area contributed by atoms with Crippen molar-refractivity contribution in [2.24, 2.45) is 0 Å². The summed E-state index contributed by atoms with van der Waals surface area (Å²) in [5, 5.41) is 6.11. The fraction of sp³-hybridized carbons (Fsp3) is 0.0556.